The highest BCUT2D eigenvalue weighted by Gasteiger charge is 2.49. The summed E-state index contributed by atoms with van der Waals surface area (Å²) in [4.78, 5) is 32.5. The minimum atomic E-state index is -1.74. The van der Waals surface area contributed by atoms with E-state index in [1.807, 2.05) is 0 Å². The van der Waals surface area contributed by atoms with E-state index in [-0.39, 0.29) is 23.2 Å². The molecular weight excluding hydrogens is 394 g/mol. The summed E-state index contributed by atoms with van der Waals surface area (Å²) >= 11 is 0. The first-order valence-corrected chi connectivity index (χ1v) is 8.83. The van der Waals surface area contributed by atoms with Crippen LogP contribution in [0.5, 0.6) is 5.88 Å². The van der Waals surface area contributed by atoms with Crippen LogP contribution in [0.25, 0.3) is 0 Å². The lowest BCUT2D eigenvalue weighted by Crippen LogP contribution is -2.53. The van der Waals surface area contributed by atoms with Gasteiger partial charge in [0.15, 0.2) is 11.6 Å². The summed E-state index contributed by atoms with van der Waals surface area (Å²) in [5.41, 5.74) is 0.501. The van der Waals surface area contributed by atoms with Crippen molar-refractivity contribution in [1.82, 2.24) is 25.6 Å². The van der Waals surface area contributed by atoms with Gasteiger partial charge in [0.2, 0.25) is 11.4 Å². The topological polar surface area (TPSA) is 152 Å². The van der Waals surface area contributed by atoms with Crippen LogP contribution < -0.4 is 20.5 Å². The van der Waals surface area contributed by atoms with Crippen molar-refractivity contribution in [3.63, 3.8) is 0 Å². The predicted octanol–water partition coefficient (Wildman–Crippen LogP) is 1.44. The summed E-state index contributed by atoms with van der Waals surface area (Å²) < 4.78 is 10.1. The van der Waals surface area contributed by atoms with Crippen LogP contribution in [0.1, 0.15) is 26.5 Å². The van der Waals surface area contributed by atoms with Gasteiger partial charge in [0.1, 0.15) is 11.3 Å². The summed E-state index contributed by atoms with van der Waals surface area (Å²) in [7, 11) is 1.45. The second-order valence-corrected chi connectivity index (χ2v) is 7.22. The molecular formula is C18H21N7O5. The maximum absolute atomic E-state index is 12.3. The number of nitrogens with one attached hydrogen (secondary N) is 2. The van der Waals surface area contributed by atoms with E-state index in [9.17, 15) is 14.7 Å². The molecule has 1 unspecified atom stereocenters. The largest absolute Gasteiger partial charge is 0.480 e. The van der Waals surface area contributed by atoms with E-state index in [2.05, 4.69) is 30.9 Å². The number of aromatic nitrogens is 4. The number of aliphatic carboxylic acids is 1. The Morgan fingerprint density at radius 2 is 1.97 bits per heavy atom. The number of hydrogen-bond acceptors (Lipinski definition) is 10. The fourth-order valence-corrected chi connectivity index (χ4v) is 2.67. The van der Waals surface area contributed by atoms with Crippen LogP contribution in [-0.4, -0.2) is 50.0 Å². The molecule has 0 aromatic carbocycles. The molecule has 0 fully saturated rings. The number of hydrogen-bond donors (Lipinski definition) is 3. The molecule has 0 saturated heterocycles. The van der Waals surface area contributed by atoms with Crippen molar-refractivity contribution in [2.45, 2.75) is 31.9 Å². The van der Waals surface area contributed by atoms with Gasteiger partial charge in [-0.15, -0.1) is 10.2 Å². The Morgan fingerprint density at radius 1 is 1.20 bits per heavy atom. The minimum Gasteiger partial charge on any atom is -0.480 e. The van der Waals surface area contributed by atoms with Crippen molar-refractivity contribution >= 4 is 23.7 Å². The minimum absolute atomic E-state index is 0.0867. The van der Waals surface area contributed by atoms with Gasteiger partial charge in [-0.3, -0.25) is 10.3 Å². The third kappa shape index (κ3) is 4.06. The standard InChI is InChI=1S/C18H21N7O5/c1-17(2,3)30-16(28)22-12-10-19-11(9-20-12)18(15(26)27)7-8-21-25(18)13-5-6-14(29-4)24-23-13/h5-10,21H,1-4H3,(H,26,27)(H,20,22,28). The molecule has 0 radical (unpaired) electrons. The van der Waals surface area contributed by atoms with E-state index in [1.165, 1.54) is 36.8 Å². The zero-order valence-corrected chi connectivity index (χ0v) is 16.8. The quantitative estimate of drug-likeness (QED) is 0.650. The summed E-state index contributed by atoms with van der Waals surface area (Å²) in [5, 5.41) is 21.6. The van der Waals surface area contributed by atoms with E-state index < -0.39 is 23.2 Å². The number of amides is 1. The molecule has 1 aliphatic heterocycles. The molecule has 0 saturated carbocycles. The molecule has 1 aliphatic rings. The third-order valence-electron chi connectivity index (χ3n) is 3.94. The molecule has 1 atom stereocenters. The Bertz CT molecular complexity index is 956. The zero-order valence-electron chi connectivity index (χ0n) is 16.8. The molecule has 0 spiro atoms. The summed E-state index contributed by atoms with van der Waals surface area (Å²) in [5.74, 6) is -0.604. The Hall–Kier alpha value is -3.96. The molecule has 3 rings (SSSR count). The van der Waals surface area contributed by atoms with Crippen LogP contribution in [0.15, 0.2) is 36.8 Å². The Kier molecular flexibility index (Phi) is 5.41. The Morgan fingerprint density at radius 3 is 2.50 bits per heavy atom. The van der Waals surface area contributed by atoms with E-state index in [0.717, 1.165) is 0 Å². The first-order valence-electron chi connectivity index (χ1n) is 8.83. The lowest BCUT2D eigenvalue weighted by molar-refractivity contribution is -0.142. The van der Waals surface area contributed by atoms with Crippen LogP contribution in [0.3, 0.4) is 0 Å². The first kappa shape index (κ1) is 20.8. The smallest absolute Gasteiger partial charge is 0.413 e. The van der Waals surface area contributed by atoms with Crippen LogP contribution in [0.2, 0.25) is 0 Å². The number of carbonyl (C=O) groups excluding carboxylic acids is 1. The SMILES string of the molecule is COc1ccc(N2NC=CC2(C(=O)O)c2cnc(NC(=O)OC(C)(C)C)cn2)nn1. The second kappa shape index (κ2) is 7.81. The lowest BCUT2D eigenvalue weighted by Gasteiger charge is -2.33. The molecule has 12 heteroatoms. The molecule has 12 nitrogen and oxygen atoms in total. The molecule has 158 valence electrons. The highest BCUT2D eigenvalue weighted by molar-refractivity contribution is 5.88. The van der Waals surface area contributed by atoms with Crippen molar-refractivity contribution in [2.24, 2.45) is 0 Å². The Balaban J connectivity index is 1.88. The number of nitrogens with zero attached hydrogens (tertiary/aromatic N) is 5. The van der Waals surface area contributed by atoms with Crippen LogP contribution in [0.4, 0.5) is 16.4 Å². The second-order valence-electron chi connectivity index (χ2n) is 7.22. The maximum Gasteiger partial charge on any atom is 0.413 e. The van der Waals surface area contributed by atoms with Crippen molar-refractivity contribution in [1.29, 1.82) is 0 Å². The number of ether oxygens (including phenoxy) is 2. The number of methoxy groups -OCH3 is 1. The van der Waals surface area contributed by atoms with Crippen LogP contribution >= 0.6 is 0 Å². The van der Waals surface area contributed by atoms with E-state index >= 15 is 0 Å². The van der Waals surface area contributed by atoms with Crippen LogP contribution in [-0.2, 0) is 15.1 Å². The number of carboxylic acids is 1. The van der Waals surface area contributed by atoms with E-state index in [4.69, 9.17) is 9.47 Å². The molecule has 1 amide bonds. The van der Waals surface area contributed by atoms with Gasteiger partial charge in [-0.1, -0.05) is 0 Å². The van der Waals surface area contributed by atoms with E-state index in [1.54, 1.807) is 32.9 Å². The molecule has 3 N–H and O–H groups in total. The highest BCUT2D eigenvalue weighted by atomic mass is 16.6. The maximum atomic E-state index is 12.3. The first-order chi connectivity index (χ1) is 14.2. The summed E-state index contributed by atoms with van der Waals surface area (Å²) in [6, 6.07) is 3.10. The van der Waals surface area contributed by atoms with Crippen molar-refractivity contribution in [2.75, 3.05) is 17.4 Å². The van der Waals surface area contributed by atoms with Crippen molar-refractivity contribution in [3.05, 3.63) is 42.5 Å². The van der Waals surface area contributed by atoms with E-state index in [0.29, 0.717) is 0 Å². The molecule has 30 heavy (non-hydrogen) atoms. The molecule has 2 aromatic rings. The number of rotatable bonds is 5. The predicted molar refractivity (Wildman–Crippen MR) is 105 cm³/mol. The normalized spacial score (nSPS) is 17.9. The lowest BCUT2D eigenvalue weighted by atomic mass is 9.95. The molecule has 2 aromatic heterocycles. The van der Waals surface area contributed by atoms with Crippen LogP contribution in [0, 0.1) is 0 Å². The number of hydrazine groups is 1. The average molecular weight is 415 g/mol. The third-order valence-corrected chi connectivity index (χ3v) is 3.94. The molecule has 0 aliphatic carbocycles. The van der Waals surface area contributed by atoms with Gasteiger partial charge in [-0.25, -0.2) is 19.6 Å². The molecule has 0 bridgehead atoms. The van der Waals surface area contributed by atoms with Gasteiger partial charge >= 0.3 is 12.1 Å². The fraction of sp³-hybridized carbons (Fsp3) is 0.333. The number of carboxylic acid groups (broad SMARTS) is 1. The van der Waals surface area contributed by atoms with Crippen molar-refractivity contribution in [3.8, 4) is 5.88 Å². The summed E-state index contributed by atoms with van der Waals surface area (Å²) in [6.07, 6.45) is 4.66. The molecule has 3 heterocycles. The number of anilines is 2. The monoisotopic (exact) mass is 415 g/mol. The van der Waals surface area contributed by atoms with Gasteiger partial charge in [0, 0.05) is 12.3 Å². The van der Waals surface area contributed by atoms with Gasteiger partial charge in [-0.2, -0.15) is 0 Å². The summed E-state index contributed by atoms with van der Waals surface area (Å²) in [6.45, 7) is 5.19. The van der Waals surface area contributed by atoms with Gasteiger partial charge < -0.3 is 20.0 Å². The van der Waals surface area contributed by atoms with Gasteiger partial charge in [0.05, 0.1) is 19.5 Å². The Labute approximate surface area is 171 Å². The van der Waals surface area contributed by atoms with Gasteiger partial charge in [0.25, 0.3) is 0 Å². The fourth-order valence-electron chi connectivity index (χ4n) is 2.67. The average Bonchev–Trinajstić information content (AvgIpc) is 3.13. The highest BCUT2D eigenvalue weighted by Crippen LogP contribution is 2.34. The zero-order chi connectivity index (χ0) is 21.9. The number of carbonyl (C=O) groups is 2. The van der Waals surface area contributed by atoms with Crippen molar-refractivity contribution < 1.29 is 24.2 Å². The van der Waals surface area contributed by atoms with Gasteiger partial charge in [-0.05, 0) is 32.9 Å².